The van der Waals surface area contributed by atoms with Gasteiger partial charge in [-0.2, -0.15) is 0 Å². The smallest absolute Gasteiger partial charge is 0.262 e. The van der Waals surface area contributed by atoms with E-state index in [1.165, 1.54) is 6.07 Å². The highest BCUT2D eigenvalue weighted by Gasteiger charge is 2.44. The third-order valence-electron chi connectivity index (χ3n) is 8.74. The zero-order chi connectivity index (χ0) is 30.7. The van der Waals surface area contributed by atoms with Crippen molar-refractivity contribution < 1.29 is 33.5 Å². The van der Waals surface area contributed by atoms with Crippen LogP contribution in [0.1, 0.15) is 56.8 Å². The van der Waals surface area contributed by atoms with Crippen LogP contribution in [0.5, 0.6) is 0 Å². The number of benzene rings is 2. The van der Waals surface area contributed by atoms with E-state index >= 15 is 0 Å². The van der Waals surface area contributed by atoms with Gasteiger partial charge in [-0.05, 0) is 61.6 Å². The Kier molecular flexibility index (Phi) is 9.16. The van der Waals surface area contributed by atoms with E-state index in [1.807, 2.05) is 6.07 Å². The molecule has 1 unspecified atom stereocenters. The number of carbonyl (C=O) groups is 5. The van der Waals surface area contributed by atoms with Gasteiger partial charge in [-0.25, -0.2) is 4.39 Å². The summed E-state index contributed by atoms with van der Waals surface area (Å²) in [4.78, 5) is 68.6. The summed E-state index contributed by atoms with van der Waals surface area (Å²) in [6.07, 6.45) is 2.82. The summed E-state index contributed by atoms with van der Waals surface area (Å²) in [6, 6.07) is 8.91. The Morgan fingerprint density at radius 3 is 2.21 bits per heavy atom. The molecule has 0 aromatic heterocycles. The number of aldehydes is 1. The number of carbonyl (C=O) groups excluding carboxylic acids is 5. The van der Waals surface area contributed by atoms with E-state index in [1.54, 1.807) is 24.3 Å². The van der Waals surface area contributed by atoms with Gasteiger partial charge in [-0.1, -0.05) is 0 Å². The first kappa shape index (κ1) is 30.3. The first-order chi connectivity index (χ1) is 20.8. The van der Waals surface area contributed by atoms with E-state index in [0.717, 1.165) is 76.4 Å². The number of rotatable bonds is 6. The number of hydrogen-bond acceptors (Lipinski definition) is 9. The molecule has 2 aromatic rings. The van der Waals surface area contributed by atoms with E-state index < -0.39 is 29.7 Å². The number of aliphatic hydroxyl groups is 1. The van der Waals surface area contributed by atoms with Crippen molar-refractivity contribution in [2.24, 2.45) is 5.92 Å². The minimum Gasteiger partial charge on any atom is -0.400 e. The summed E-state index contributed by atoms with van der Waals surface area (Å²) >= 11 is 0. The maximum absolute atomic E-state index is 14.4. The molecule has 6 rings (SSSR count). The number of amides is 4. The van der Waals surface area contributed by atoms with Crippen molar-refractivity contribution in [1.29, 1.82) is 0 Å². The Morgan fingerprint density at radius 2 is 1.56 bits per heavy atom. The Balaban J connectivity index is 0.00000180. The number of fused-ring (bicyclic) bond motifs is 1. The third-order valence-corrected chi connectivity index (χ3v) is 8.74. The van der Waals surface area contributed by atoms with Crippen LogP contribution in [0.15, 0.2) is 36.4 Å². The average Bonchev–Trinajstić information content (AvgIpc) is 3.27. The van der Waals surface area contributed by atoms with Crippen molar-refractivity contribution in [1.82, 2.24) is 15.1 Å². The van der Waals surface area contributed by atoms with Gasteiger partial charge in [0.05, 0.1) is 16.8 Å². The second kappa shape index (κ2) is 13.0. The first-order valence-corrected chi connectivity index (χ1v) is 14.6. The van der Waals surface area contributed by atoms with Gasteiger partial charge in [-0.3, -0.25) is 39.1 Å². The fraction of sp³-hybridized carbons (Fsp3) is 0.452. The Hall–Kier alpha value is -4.16. The number of anilines is 2. The van der Waals surface area contributed by atoms with Crippen LogP contribution < -0.4 is 15.1 Å². The summed E-state index contributed by atoms with van der Waals surface area (Å²) in [5, 5.41) is 9.22. The minimum absolute atomic E-state index is 0.0905. The highest BCUT2D eigenvalue weighted by molar-refractivity contribution is 6.23. The van der Waals surface area contributed by atoms with Gasteiger partial charge in [0.15, 0.2) is 0 Å². The van der Waals surface area contributed by atoms with Crippen LogP contribution >= 0.6 is 0 Å². The molecule has 0 spiro atoms. The summed E-state index contributed by atoms with van der Waals surface area (Å²) < 4.78 is 14.4. The van der Waals surface area contributed by atoms with Crippen LogP contribution in [0.4, 0.5) is 15.8 Å². The maximum Gasteiger partial charge on any atom is 0.262 e. The Bertz CT molecular complexity index is 1420. The van der Waals surface area contributed by atoms with E-state index in [2.05, 4.69) is 20.0 Å². The molecule has 4 aliphatic heterocycles. The minimum atomic E-state index is -0.971. The number of nitrogens with zero attached hydrogens (tertiary/aromatic N) is 4. The molecular formula is C31H36FN5O6. The van der Waals surface area contributed by atoms with Gasteiger partial charge < -0.3 is 14.9 Å². The topological polar surface area (TPSA) is 131 Å². The van der Waals surface area contributed by atoms with Crippen LogP contribution in [0.2, 0.25) is 0 Å². The highest BCUT2D eigenvalue weighted by atomic mass is 19.1. The summed E-state index contributed by atoms with van der Waals surface area (Å²) in [5.41, 5.74) is 2.34. The summed E-state index contributed by atoms with van der Waals surface area (Å²) in [7, 11) is 1.00. The number of halogens is 1. The van der Waals surface area contributed by atoms with Crippen LogP contribution in [-0.2, 0) is 9.59 Å². The third kappa shape index (κ3) is 6.16. The molecule has 0 aliphatic carbocycles. The quantitative estimate of drug-likeness (QED) is 0.380. The molecule has 43 heavy (non-hydrogen) atoms. The predicted molar refractivity (Wildman–Crippen MR) is 157 cm³/mol. The molecule has 1 atom stereocenters. The summed E-state index contributed by atoms with van der Waals surface area (Å²) in [5.74, 6) is -1.83. The lowest BCUT2D eigenvalue weighted by atomic mass is 9.95. The number of piperidine rings is 2. The molecule has 0 bridgehead atoms. The molecule has 0 saturated carbocycles. The number of imide groups is 2. The predicted octanol–water partition coefficient (Wildman–Crippen LogP) is 1.69. The lowest BCUT2D eigenvalue weighted by molar-refractivity contribution is -0.136. The van der Waals surface area contributed by atoms with Crippen molar-refractivity contribution in [2.75, 3.05) is 62.7 Å². The van der Waals surface area contributed by atoms with Gasteiger partial charge in [0.1, 0.15) is 18.1 Å². The van der Waals surface area contributed by atoms with Gasteiger partial charge in [0, 0.05) is 70.6 Å². The zero-order valence-electron chi connectivity index (χ0n) is 24.1. The standard InChI is InChI=1S/C30H32FN5O5.CH4O/c31-24-15-20(18-37)1-4-25(24)35-9-7-19(8-10-35)17-33-11-13-34(14-12-33)21-2-3-22-23(16-21)30(41)36(29(22)40)26-5-6-27(38)32-28(26)39;1-2/h1-4,15-16,18-19,26H,5-14,17H2,(H,32,38,39);2H,1H3. The van der Waals surface area contributed by atoms with Gasteiger partial charge >= 0.3 is 0 Å². The second-order valence-electron chi connectivity index (χ2n) is 11.2. The fourth-order valence-electron chi connectivity index (χ4n) is 6.42. The van der Waals surface area contributed by atoms with Crippen molar-refractivity contribution >= 4 is 41.3 Å². The van der Waals surface area contributed by atoms with Crippen LogP contribution in [-0.4, -0.2) is 104 Å². The first-order valence-electron chi connectivity index (χ1n) is 14.6. The summed E-state index contributed by atoms with van der Waals surface area (Å²) in [6.45, 7) is 5.84. The normalized spacial score (nSPS) is 21.4. The van der Waals surface area contributed by atoms with E-state index in [0.29, 0.717) is 29.0 Å². The van der Waals surface area contributed by atoms with Crippen LogP contribution in [0, 0.1) is 11.7 Å². The molecule has 4 heterocycles. The highest BCUT2D eigenvalue weighted by Crippen LogP contribution is 2.32. The van der Waals surface area contributed by atoms with Gasteiger partial charge in [-0.15, -0.1) is 0 Å². The largest absolute Gasteiger partial charge is 0.400 e. The molecule has 12 heteroatoms. The van der Waals surface area contributed by atoms with Crippen molar-refractivity contribution in [3.05, 3.63) is 58.9 Å². The van der Waals surface area contributed by atoms with Crippen molar-refractivity contribution in [3.63, 3.8) is 0 Å². The molecule has 3 fully saturated rings. The molecule has 4 amide bonds. The van der Waals surface area contributed by atoms with Crippen molar-refractivity contribution in [2.45, 2.75) is 31.7 Å². The van der Waals surface area contributed by atoms with E-state index in [4.69, 9.17) is 5.11 Å². The molecule has 2 aromatic carbocycles. The SMILES string of the molecule is CO.O=Cc1ccc(N2CCC(CN3CCN(c4ccc5c(c4)C(=O)N(C4CCC(=O)NC4=O)C5=O)CC3)CC2)c(F)c1. The van der Waals surface area contributed by atoms with Crippen LogP contribution in [0.3, 0.4) is 0 Å². The van der Waals surface area contributed by atoms with Crippen LogP contribution in [0.25, 0.3) is 0 Å². The Morgan fingerprint density at radius 1 is 0.860 bits per heavy atom. The van der Waals surface area contributed by atoms with Crippen molar-refractivity contribution in [3.8, 4) is 0 Å². The molecule has 228 valence electrons. The number of hydrogen-bond donors (Lipinski definition) is 2. The van der Waals surface area contributed by atoms with E-state index in [9.17, 15) is 28.4 Å². The number of aliphatic hydroxyl groups excluding tert-OH is 1. The van der Waals surface area contributed by atoms with Gasteiger partial charge in [0.2, 0.25) is 11.8 Å². The van der Waals surface area contributed by atoms with E-state index in [-0.39, 0.29) is 24.2 Å². The maximum atomic E-state index is 14.4. The Labute approximate surface area is 249 Å². The van der Waals surface area contributed by atoms with Gasteiger partial charge in [0.25, 0.3) is 11.8 Å². The lowest BCUT2D eigenvalue weighted by Crippen LogP contribution is -2.54. The zero-order valence-corrected chi connectivity index (χ0v) is 24.1. The molecule has 3 saturated heterocycles. The molecular weight excluding hydrogens is 557 g/mol. The molecule has 0 radical (unpaired) electrons. The fourth-order valence-corrected chi connectivity index (χ4v) is 6.42. The second-order valence-corrected chi connectivity index (χ2v) is 11.2. The molecule has 11 nitrogen and oxygen atoms in total. The monoisotopic (exact) mass is 593 g/mol. The molecule has 4 aliphatic rings. The molecule has 2 N–H and O–H groups in total. The number of nitrogens with one attached hydrogen (secondary N) is 1. The average molecular weight is 594 g/mol. The number of piperazine rings is 1. The lowest BCUT2D eigenvalue weighted by Gasteiger charge is -2.40.